The smallest absolute Gasteiger partial charge is 0.141 e. The summed E-state index contributed by atoms with van der Waals surface area (Å²) in [6.45, 7) is 5.54. The zero-order valence-electron chi connectivity index (χ0n) is 16.6. The average molecular weight is 406 g/mol. The lowest BCUT2D eigenvalue weighted by atomic mass is 10.1. The summed E-state index contributed by atoms with van der Waals surface area (Å²) >= 11 is 1.79. The third-order valence-electron chi connectivity index (χ3n) is 5.51. The van der Waals surface area contributed by atoms with E-state index in [0.717, 1.165) is 54.3 Å². The van der Waals surface area contributed by atoms with Gasteiger partial charge in [0.2, 0.25) is 0 Å². The van der Waals surface area contributed by atoms with Crippen molar-refractivity contribution in [3.63, 3.8) is 0 Å². The van der Waals surface area contributed by atoms with Crippen molar-refractivity contribution in [3.8, 4) is 11.1 Å². The summed E-state index contributed by atoms with van der Waals surface area (Å²) in [6, 6.07) is 13.2. The van der Waals surface area contributed by atoms with E-state index in [4.69, 9.17) is 14.2 Å². The molecule has 0 N–H and O–H groups in total. The fourth-order valence-electron chi connectivity index (χ4n) is 4.07. The predicted octanol–water partition coefficient (Wildman–Crippen LogP) is 5.81. The molecule has 0 unspecified atom stereocenters. The normalized spacial score (nSPS) is 15.2. The molecule has 0 spiro atoms. The van der Waals surface area contributed by atoms with E-state index in [1.807, 2.05) is 26.1 Å². The van der Waals surface area contributed by atoms with E-state index in [2.05, 4.69) is 46.3 Å². The van der Waals surface area contributed by atoms with Gasteiger partial charge in [0, 0.05) is 58.0 Å². The van der Waals surface area contributed by atoms with E-state index in [9.17, 15) is 0 Å². The third-order valence-corrected chi connectivity index (χ3v) is 6.56. The molecule has 6 heteroatoms. The van der Waals surface area contributed by atoms with Crippen LogP contribution in [-0.2, 0) is 4.74 Å². The molecule has 1 saturated heterocycles. The second-order valence-electron chi connectivity index (χ2n) is 7.45. The molecule has 5 rings (SSSR count). The zero-order valence-corrected chi connectivity index (χ0v) is 17.4. The molecule has 0 amide bonds. The van der Waals surface area contributed by atoms with Gasteiger partial charge in [-0.3, -0.25) is 0 Å². The van der Waals surface area contributed by atoms with Gasteiger partial charge in [0.05, 0.1) is 5.69 Å². The minimum Gasteiger partial charge on any atom is -0.381 e. The van der Waals surface area contributed by atoms with Gasteiger partial charge >= 0.3 is 0 Å². The second-order valence-corrected chi connectivity index (χ2v) is 8.57. The molecular weight excluding hydrogens is 382 g/mol. The maximum Gasteiger partial charge on any atom is 0.141 e. The van der Waals surface area contributed by atoms with Crippen LogP contribution in [0.3, 0.4) is 0 Å². The van der Waals surface area contributed by atoms with Gasteiger partial charge in [-0.2, -0.15) is 0 Å². The van der Waals surface area contributed by atoms with Crippen LogP contribution in [0.1, 0.15) is 30.3 Å². The van der Waals surface area contributed by atoms with Crippen molar-refractivity contribution in [2.75, 3.05) is 13.2 Å². The Kier molecular flexibility index (Phi) is 4.89. The van der Waals surface area contributed by atoms with Crippen molar-refractivity contribution in [1.82, 2.24) is 14.7 Å². The fraction of sp³-hybridized carbons (Fsp3) is 0.304. The van der Waals surface area contributed by atoms with E-state index in [-0.39, 0.29) is 0 Å². The van der Waals surface area contributed by atoms with Crippen LogP contribution in [0.5, 0.6) is 0 Å². The molecule has 0 bridgehead atoms. The highest BCUT2D eigenvalue weighted by atomic mass is 32.2. The van der Waals surface area contributed by atoms with Crippen LogP contribution in [-0.4, -0.2) is 27.9 Å². The Morgan fingerprint density at radius 1 is 1.10 bits per heavy atom. The van der Waals surface area contributed by atoms with E-state index in [1.54, 1.807) is 11.8 Å². The number of aromatic nitrogens is 3. The van der Waals surface area contributed by atoms with E-state index < -0.39 is 0 Å². The summed E-state index contributed by atoms with van der Waals surface area (Å²) in [6.07, 6.45) is 6.25. The Bertz CT molecular complexity index is 1120. The van der Waals surface area contributed by atoms with Gasteiger partial charge in [-0.15, -0.1) is 0 Å². The molecule has 4 aromatic rings. The van der Waals surface area contributed by atoms with Gasteiger partial charge in [0.1, 0.15) is 11.4 Å². The molecule has 0 saturated carbocycles. The highest BCUT2D eigenvalue weighted by Crippen LogP contribution is 2.39. The third kappa shape index (κ3) is 3.47. The van der Waals surface area contributed by atoms with Gasteiger partial charge in [-0.25, -0.2) is 4.98 Å². The Hall–Kier alpha value is -2.57. The summed E-state index contributed by atoms with van der Waals surface area (Å²) < 4.78 is 13.3. The maximum atomic E-state index is 5.57. The van der Waals surface area contributed by atoms with Gasteiger partial charge < -0.3 is 13.8 Å². The van der Waals surface area contributed by atoms with Crippen molar-refractivity contribution in [2.24, 2.45) is 0 Å². The Labute approximate surface area is 174 Å². The molecule has 0 atom stereocenters. The van der Waals surface area contributed by atoms with Gasteiger partial charge in [-0.05, 0) is 44.9 Å². The SMILES string of the molecule is Cc1noc(C)c1-c1cnc2c(c1)c(Sc1ccccc1)cn2C1CCOCC1. The molecule has 3 aromatic heterocycles. The summed E-state index contributed by atoms with van der Waals surface area (Å²) in [4.78, 5) is 7.34. The minimum absolute atomic E-state index is 0.425. The predicted molar refractivity (Wildman–Crippen MR) is 114 cm³/mol. The van der Waals surface area contributed by atoms with Crippen molar-refractivity contribution in [1.29, 1.82) is 0 Å². The summed E-state index contributed by atoms with van der Waals surface area (Å²) in [7, 11) is 0. The number of rotatable bonds is 4. The largest absolute Gasteiger partial charge is 0.381 e. The maximum absolute atomic E-state index is 5.57. The lowest BCUT2D eigenvalue weighted by molar-refractivity contribution is 0.0705. The molecule has 1 aromatic carbocycles. The van der Waals surface area contributed by atoms with Crippen LogP contribution in [0.4, 0.5) is 0 Å². The van der Waals surface area contributed by atoms with E-state index >= 15 is 0 Å². The Morgan fingerprint density at radius 2 is 1.90 bits per heavy atom. The number of hydrogen-bond donors (Lipinski definition) is 0. The van der Waals surface area contributed by atoms with Crippen LogP contribution >= 0.6 is 11.8 Å². The molecule has 0 aliphatic carbocycles. The van der Waals surface area contributed by atoms with Crippen LogP contribution in [0, 0.1) is 13.8 Å². The van der Waals surface area contributed by atoms with Crippen LogP contribution in [0.15, 0.2) is 63.1 Å². The van der Waals surface area contributed by atoms with Crippen molar-refractivity contribution in [2.45, 2.75) is 42.5 Å². The van der Waals surface area contributed by atoms with E-state index in [0.29, 0.717) is 6.04 Å². The van der Waals surface area contributed by atoms with Gasteiger partial charge in [-0.1, -0.05) is 35.1 Å². The molecule has 29 heavy (non-hydrogen) atoms. The molecular formula is C23H23N3O2S. The van der Waals surface area contributed by atoms with Gasteiger partial charge in [0.15, 0.2) is 0 Å². The monoisotopic (exact) mass is 405 g/mol. The highest BCUT2D eigenvalue weighted by molar-refractivity contribution is 7.99. The molecule has 1 aliphatic heterocycles. The van der Waals surface area contributed by atoms with E-state index in [1.165, 1.54) is 15.2 Å². The lowest BCUT2D eigenvalue weighted by Crippen LogP contribution is -2.19. The first-order valence-corrected chi connectivity index (χ1v) is 10.8. The number of pyridine rings is 1. The Morgan fingerprint density at radius 3 is 2.62 bits per heavy atom. The first kappa shape index (κ1) is 18.5. The summed E-state index contributed by atoms with van der Waals surface area (Å²) in [5.41, 5.74) is 4.01. The average Bonchev–Trinajstić information content (AvgIpc) is 3.28. The first-order valence-electron chi connectivity index (χ1n) is 9.95. The molecule has 5 nitrogen and oxygen atoms in total. The second kappa shape index (κ2) is 7.69. The molecule has 0 radical (unpaired) electrons. The minimum atomic E-state index is 0.425. The standard InChI is InChI=1S/C23H23N3O2S/c1-15-22(16(2)28-25-15)17-12-20-21(29-19-6-4-3-5-7-19)14-26(23(20)24-13-17)18-8-10-27-11-9-18/h3-7,12-14,18H,8-11H2,1-2H3. The van der Waals surface area contributed by atoms with Crippen molar-refractivity contribution in [3.05, 3.63) is 60.2 Å². The van der Waals surface area contributed by atoms with Crippen LogP contribution in [0.2, 0.25) is 0 Å². The van der Waals surface area contributed by atoms with Crippen molar-refractivity contribution >= 4 is 22.8 Å². The van der Waals surface area contributed by atoms with Crippen molar-refractivity contribution < 1.29 is 9.26 Å². The van der Waals surface area contributed by atoms with Gasteiger partial charge in [0.25, 0.3) is 0 Å². The number of benzene rings is 1. The topological polar surface area (TPSA) is 53.1 Å². The Balaban J connectivity index is 1.65. The number of ether oxygens (including phenoxy) is 1. The highest BCUT2D eigenvalue weighted by Gasteiger charge is 2.22. The first-order chi connectivity index (χ1) is 14.2. The quantitative estimate of drug-likeness (QED) is 0.429. The van der Waals surface area contributed by atoms with Crippen LogP contribution < -0.4 is 0 Å². The summed E-state index contributed by atoms with van der Waals surface area (Å²) in [5, 5.41) is 5.28. The van der Waals surface area contributed by atoms with Crippen LogP contribution in [0.25, 0.3) is 22.2 Å². The summed E-state index contributed by atoms with van der Waals surface area (Å²) in [5.74, 6) is 0.824. The zero-order chi connectivity index (χ0) is 19.8. The molecule has 4 heterocycles. The number of aryl methyl sites for hydroxylation is 2. The molecule has 148 valence electrons. The molecule has 1 aliphatic rings. The number of fused-ring (bicyclic) bond motifs is 1. The fourth-order valence-corrected chi connectivity index (χ4v) is 5.05. The number of nitrogens with zero attached hydrogens (tertiary/aromatic N) is 3. The lowest BCUT2D eigenvalue weighted by Gasteiger charge is -2.24. The number of hydrogen-bond acceptors (Lipinski definition) is 5. The molecule has 1 fully saturated rings.